The lowest BCUT2D eigenvalue weighted by molar-refractivity contribution is -0.221. The van der Waals surface area contributed by atoms with E-state index in [1.54, 1.807) is 0 Å². The van der Waals surface area contributed by atoms with Crippen molar-refractivity contribution in [3.63, 3.8) is 0 Å². The fourth-order valence-corrected chi connectivity index (χ4v) is 4.57. The van der Waals surface area contributed by atoms with Gasteiger partial charge >= 0.3 is 0 Å². The average Bonchev–Trinajstić information content (AvgIpc) is 2.54. The van der Waals surface area contributed by atoms with Crippen LogP contribution in [-0.2, 0) is 20.3 Å². The highest BCUT2D eigenvalue weighted by Crippen LogP contribution is 2.30. The van der Waals surface area contributed by atoms with E-state index < -0.39 is 77.6 Å². The van der Waals surface area contributed by atoms with Crippen molar-refractivity contribution in [1.29, 1.82) is 0 Å². The second kappa shape index (κ2) is 7.78. The molecule has 10 nitrogen and oxygen atoms in total. The number of hydrogen-bond acceptors (Lipinski definition) is 10. The van der Waals surface area contributed by atoms with Gasteiger partial charge in [-0.1, -0.05) is 0 Å². The monoisotopic (exact) mass is 358 g/mol. The van der Waals surface area contributed by atoms with E-state index in [0.29, 0.717) is 0 Å². The molecule has 0 radical (unpaired) electrons. The number of aliphatic hydroxyl groups is 7. The van der Waals surface area contributed by atoms with Gasteiger partial charge in [0.15, 0.2) is 11.7 Å². The third kappa shape index (κ3) is 3.74. The van der Waals surface area contributed by atoms with Crippen LogP contribution in [-0.4, -0.2) is 107 Å². The molecule has 0 aromatic heterocycles. The molecule has 136 valence electrons. The largest absolute Gasteiger partial charge is 0.394 e. The summed E-state index contributed by atoms with van der Waals surface area (Å²) in [6.45, 7) is -1.25. The van der Waals surface area contributed by atoms with Crippen LogP contribution in [0.25, 0.3) is 0 Å². The normalized spacial score (nSPS) is 49.8. The molecule has 0 aromatic carbocycles. The molecule has 2 aliphatic rings. The highest BCUT2D eigenvalue weighted by atomic mass is 32.2. The Balaban J connectivity index is 2.17. The molecular formula is C12H22O10S. The molecule has 0 spiro atoms. The predicted octanol–water partition coefficient (Wildman–Crippen LogP) is -4.64. The molecule has 2 unspecified atom stereocenters. The number of aliphatic hydroxyl groups excluding tert-OH is 7. The molecule has 11 heteroatoms. The van der Waals surface area contributed by atoms with Crippen LogP contribution in [0.2, 0.25) is 0 Å². The molecule has 2 saturated heterocycles. The van der Waals surface area contributed by atoms with Crippen LogP contribution in [0.3, 0.4) is 0 Å². The van der Waals surface area contributed by atoms with Gasteiger partial charge in [0.25, 0.3) is 0 Å². The van der Waals surface area contributed by atoms with Gasteiger partial charge in [-0.3, -0.25) is 4.21 Å². The van der Waals surface area contributed by atoms with E-state index in [9.17, 15) is 34.8 Å². The zero-order valence-corrected chi connectivity index (χ0v) is 12.9. The minimum atomic E-state index is -2.06. The van der Waals surface area contributed by atoms with Crippen molar-refractivity contribution in [3.05, 3.63) is 0 Å². The number of ether oxygens (including phenoxy) is 2. The first-order valence-corrected chi connectivity index (χ1v) is 8.41. The smallest absolute Gasteiger partial charge is 0.181 e. The van der Waals surface area contributed by atoms with Gasteiger partial charge in [-0.05, 0) is 6.42 Å². The van der Waals surface area contributed by atoms with Gasteiger partial charge in [0.05, 0.1) is 35.4 Å². The minimum Gasteiger partial charge on any atom is -0.394 e. The Hall–Kier alpha value is -0.210. The lowest BCUT2D eigenvalue weighted by Gasteiger charge is -2.43. The SMILES string of the molecule is O=S(C1C[C@@H](O)[C@H](O)O[C@@H]1CO)[C@@H]1O[C@H](CO)[C@@H](O)[C@H](O)[C@H]1O. The van der Waals surface area contributed by atoms with Crippen LogP contribution in [0, 0.1) is 0 Å². The van der Waals surface area contributed by atoms with Crippen molar-refractivity contribution in [2.45, 2.75) is 60.0 Å². The highest BCUT2D eigenvalue weighted by molar-refractivity contribution is 7.86. The van der Waals surface area contributed by atoms with Gasteiger partial charge in [0.1, 0.15) is 30.5 Å². The maximum absolute atomic E-state index is 12.7. The molecule has 23 heavy (non-hydrogen) atoms. The van der Waals surface area contributed by atoms with Crippen molar-refractivity contribution in [2.24, 2.45) is 0 Å². The van der Waals surface area contributed by atoms with Gasteiger partial charge in [0, 0.05) is 0 Å². The van der Waals surface area contributed by atoms with Crippen molar-refractivity contribution < 1.29 is 49.4 Å². The van der Waals surface area contributed by atoms with Crippen LogP contribution >= 0.6 is 0 Å². The van der Waals surface area contributed by atoms with Crippen molar-refractivity contribution >= 4 is 10.8 Å². The van der Waals surface area contributed by atoms with Gasteiger partial charge in [-0.2, -0.15) is 0 Å². The summed E-state index contributed by atoms with van der Waals surface area (Å²) in [5.41, 5.74) is -1.46. The zero-order valence-electron chi connectivity index (χ0n) is 12.1. The Morgan fingerprint density at radius 2 is 1.48 bits per heavy atom. The molecule has 2 fully saturated rings. The fourth-order valence-electron chi connectivity index (χ4n) is 2.70. The molecule has 0 amide bonds. The summed E-state index contributed by atoms with van der Waals surface area (Å²) in [6.07, 6.45) is -10.3. The van der Waals surface area contributed by atoms with E-state index in [4.69, 9.17) is 14.6 Å². The van der Waals surface area contributed by atoms with E-state index in [1.165, 1.54) is 0 Å². The van der Waals surface area contributed by atoms with Crippen LogP contribution < -0.4 is 0 Å². The molecule has 0 saturated carbocycles. The Bertz CT molecular complexity index is 421. The molecule has 0 bridgehead atoms. The summed E-state index contributed by atoms with van der Waals surface area (Å²) in [6, 6.07) is 0. The Kier molecular flexibility index (Phi) is 6.47. The zero-order chi connectivity index (χ0) is 17.3. The quantitative estimate of drug-likeness (QED) is 0.258. The molecule has 2 heterocycles. The maximum atomic E-state index is 12.7. The highest BCUT2D eigenvalue weighted by Gasteiger charge is 2.50. The van der Waals surface area contributed by atoms with Gasteiger partial charge < -0.3 is 45.2 Å². The van der Waals surface area contributed by atoms with Crippen LogP contribution in [0.4, 0.5) is 0 Å². The maximum Gasteiger partial charge on any atom is 0.181 e. The molecule has 10 atom stereocenters. The van der Waals surface area contributed by atoms with Crippen molar-refractivity contribution in [1.82, 2.24) is 0 Å². The lowest BCUT2D eigenvalue weighted by atomic mass is 10.0. The summed E-state index contributed by atoms with van der Waals surface area (Å²) in [4.78, 5) is 0. The Morgan fingerprint density at radius 3 is 2.04 bits per heavy atom. The Morgan fingerprint density at radius 1 is 0.870 bits per heavy atom. The molecule has 7 N–H and O–H groups in total. The first-order valence-electron chi connectivity index (χ1n) is 7.14. The fraction of sp³-hybridized carbons (Fsp3) is 1.00. The predicted molar refractivity (Wildman–Crippen MR) is 74.3 cm³/mol. The first-order chi connectivity index (χ1) is 10.8. The number of rotatable bonds is 4. The molecule has 0 aromatic rings. The second-order valence-electron chi connectivity index (χ2n) is 5.61. The Labute approximate surface area is 134 Å². The molecule has 0 aliphatic carbocycles. The summed E-state index contributed by atoms with van der Waals surface area (Å²) >= 11 is 0. The first kappa shape index (κ1) is 19.1. The third-order valence-corrected chi connectivity index (χ3v) is 6.03. The van der Waals surface area contributed by atoms with Crippen LogP contribution in [0.15, 0.2) is 0 Å². The second-order valence-corrected chi connectivity index (χ2v) is 7.34. The van der Waals surface area contributed by atoms with Gasteiger partial charge in [-0.25, -0.2) is 0 Å². The van der Waals surface area contributed by atoms with Crippen LogP contribution in [0.1, 0.15) is 6.42 Å². The standard InChI is InChI=1S/C12H22O10S/c13-2-5-7(1-4(15)11(19)21-5)23(20)12-10(18)9(17)8(16)6(3-14)22-12/h4-19H,1-3H2/t4-,5-,6-,7?,8-,9+,10-,11-,12+,23?/m1/s1. The van der Waals surface area contributed by atoms with Gasteiger partial charge in [0.2, 0.25) is 0 Å². The molecule has 2 rings (SSSR count). The van der Waals surface area contributed by atoms with E-state index in [1.807, 2.05) is 0 Å². The summed E-state index contributed by atoms with van der Waals surface area (Å²) in [7, 11) is -2.06. The molecule has 2 aliphatic heterocycles. The third-order valence-electron chi connectivity index (χ3n) is 4.09. The minimum absolute atomic E-state index is 0.186. The summed E-state index contributed by atoms with van der Waals surface area (Å²) < 4.78 is 22.8. The van der Waals surface area contributed by atoms with E-state index in [0.717, 1.165) is 0 Å². The van der Waals surface area contributed by atoms with Crippen molar-refractivity contribution in [3.8, 4) is 0 Å². The average molecular weight is 358 g/mol. The molecular weight excluding hydrogens is 336 g/mol. The number of hydrogen-bond donors (Lipinski definition) is 7. The van der Waals surface area contributed by atoms with Crippen LogP contribution in [0.5, 0.6) is 0 Å². The lowest BCUT2D eigenvalue weighted by Crippen LogP contribution is -2.62. The van der Waals surface area contributed by atoms with E-state index in [-0.39, 0.29) is 6.42 Å². The van der Waals surface area contributed by atoms with Gasteiger partial charge in [-0.15, -0.1) is 0 Å². The summed E-state index contributed by atoms with van der Waals surface area (Å²) in [5.74, 6) is 0. The topological polar surface area (TPSA) is 177 Å². The van der Waals surface area contributed by atoms with Crippen molar-refractivity contribution in [2.75, 3.05) is 13.2 Å². The van der Waals surface area contributed by atoms with E-state index >= 15 is 0 Å². The summed E-state index contributed by atoms with van der Waals surface area (Å²) in [5, 5.41) is 65.9. The van der Waals surface area contributed by atoms with E-state index in [2.05, 4.69) is 0 Å².